The molecular weight excluding hydrogens is 278 g/mol. The van der Waals surface area contributed by atoms with Crippen LogP contribution >= 0.6 is 0 Å². The number of aromatic nitrogens is 2. The Kier molecular flexibility index (Phi) is 3.63. The maximum Gasteiger partial charge on any atom is 0.163 e. The normalized spacial score (nSPS) is 10.9. The maximum absolute atomic E-state index is 5.77. The summed E-state index contributed by atoms with van der Waals surface area (Å²) in [5.74, 6) is 2.29. The van der Waals surface area contributed by atoms with Crippen LogP contribution in [-0.2, 0) is 6.54 Å². The van der Waals surface area contributed by atoms with Gasteiger partial charge in [-0.1, -0.05) is 0 Å². The van der Waals surface area contributed by atoms with Crippen molar-refractivity contribution >= 4 is 16.7 Å². The first-order chi connectivity index (χ1) is 10.7. The number of benzene rings is 2. The fourth-order valence-electron chi connectivity index (χ4n) is 2.62. The van der Waals surface area contributed by atoms with Crippen molar-refractivity contribution < 1.29 is 9.47 Å². The zero-order valence-electron chi connectivity index (χ0n) is 13.0. The molecule has 0 fully saturated rings. The lowest BCUT2D eigenvalue weighted by molar-refractivity contribution is 0.355. The highest BCUT2D eigenvalue weighted by Crippen LogP contribution is 2.34. The lowest BCUT2D eigenvalue weighted by Gasteiger charge is -2.09. The van der Waals surface area contributed by atoms with Gasteiger partial charge in [-0.25, -0.2) is 4.98 Å². The number of aryl methyl sites for hydroxylation is 1. The van der Waals surface area contributed by atoms with Gasteiger partial charge < -0.3 is 19.8 Å². The van der Waals surface area contributed by atoms with Crippen LogP contribution in [0, 0.1) is 0 Å². The minimum absolute atomic E-state index is 0.680. The van der Waals surface area contributed by atoms with Crippen LogP contribution < -0.4 is 15.2 Å². The Bertz CT molecular complexity index is 807. The van der Waals surface area contributed by atoms with Crippen LogP contribution in [-0.4, -0.2) is 23.8 Å². The van der Waals surface area contributed by atoms with E-state index in [0.29, 0.717) is 11.5 Å². The average Bonchev–Trinajstić information content (AvgIpc) is 2.91. The monoisotopic (exact) mass is 297 g/mol. The Morgan fingerprint density at radius 1 is 1.05 bits per heavy atom. The van der Waals surface area contributed by atoms with Gasteiger partial charge in [0.1, 0.15) is 5.82 Å². The standard InChI is InChI=1S/C17H19N3O2/c1-4-20-14-10-16(22-3)15(21-2)9-13(14)19-17(20)11-5-7-12(18)8-6-11/h5-10H,4,18H2,1-3H3. The quantitative estimate of drug-likeness (QED) is 0.750. The summed E-state index contributed by atoms with van der Waals surface area (Å²) < 4.78 is 12.9. The van der Waals surface area contributed by atoms with E-state index in [-0.39, 0.29) is 0 Å². The largest absolute Gasteiger partial charge is 0.493 e. The SMILES string of the molecule is CCn1c(-c2ccc(N)cc2)nc2cc(OC)c(OC)cc21. The number of anilines is 1. The van der Waals surface area contributed by atoms with Gasteiger partial charge in [-0.3, -0.25) is 0 Å². The number of nitrogens with zero attached hydrogens (tertiary/aromatic N) is 2. The summed E-state index contributed by atoms with van der Waals surface area (Å²) in [5, 5.41) is 0. The molecule has 0 aliphatic carbocycles. The molecule has 22 heavy (non-hydrogen) atoms. The topological polar surface area (TPSA) is 62.3 Å². The maximum atomic E-state index is 5.77. The van der Waals surface area contributed by atoms with Gasteiger partial charge in [0.15, 0.2) is 11.5 Å². The third kappa shape index (κ3) is 2.24. The molecule has 3 aromatic rings. The number of nitrogen functional groups attached to an aromatic ring is 1. The van der Waals surface area contributed by atoms with E-state index in [2.05, 4.69) is 11.5 Å². The molecule has 5 heteroatoms. The van der Waals surface area contributed by atoms with E-state index < -0.39 is 0 Å². The number of rotatable bonds is 4. The zero-order chi connectivity index (χ0) is 15.7. The summed E-state index contributed by atoms with van der Waals surface area (Å²) >= 11 is 0. The van der Waals surface area contributed by atoms with E-state index in [1.807, 2.05) is 36.4 Å². The van der Waals surface area contributed by atoms with Gasteiger partial charge in [0.2, 0.25) is 0 Å². The fourth-order valence-corrected chi connectivity index (χ4v) is 2.62. The van der Waals surface area contributed by atoms with Crippen LogP contribution in [0.2, 0.25) is 0 Å². The minimum atomic E-state index is 0.680. The Labute approximate surface area is 129 Å². The Balaban J connectivity index is 2.25. The molecule has 1 heterocycles. The van der Waals surface area contributed by atoms with E-state index in [9.17, 15) is 0 Å². The number of hydrogen-bond donors (Lipinski definition) is 1. The molecule has 5 nitrogen and oxygen atoms in total. The smallest absolute Gasteiger partial charge is 0.163 e. The summed E-state index contributed by atoms with van der Waals surface area (Å²) in [4.78, 5) is 4.75. The van der Waals surface area contributed by atoms with Crippen LogP contribution in [0.1, 0.15) is 6.92 Å². The molecule has 3 rings (SSSR count). The van der Waals surface area contributed by atoms with Gasteiger partial charge >= 0.3 is 0 Å². The highest BCUT2D eigenvalue weighted by atomic mass is 16.5. The highest BCUT2D eigenvalue weighted by Gasteiger charge is 2.15. The van der Waals surface area contributed by atoms with Crippen LogP contribution in [0.4, 0.5) is 5.69 Å². The number of nitrogens with two attached hydrogens (primary N) is 1. The molecule has 1 aromatic heterocycles. The van der Waals surface area contributed by atoms with Crippen LogP contribution in [0.25, 0.3) is 22.4 Å². The number of ether oxygens (including phenoxy) is 2. The van der Waals surface area contributed by atoms with Gasteiger partial charge in [-0.15, -0.1) is 0 Å². The predicted molar refractivity (Wildman–Crippen MR) is 88.4 cm³/mol. The summed E-state index contributed by atoms with van der Waals surface area (Å²) in [7, 11) is 3.26. The third-order valence-electron chi connectivity index (χ3n) is 3.74. The molecule has 0 spiro atoms. The zero-order valence-corrected chi connectivity index (χ0v) is 13.0. The number of imidazole rings is 1. The van der Waals surface area contributed by atoms with Crippen LogP contribution in [0.15, 0.2) is 36.4 Å². The van der Waals surface area contributed by atoms with Crippen molar-refractivity contribution in [3.05, 3.63) is 36.4 Å². The van der Waals surface area contributed by atoms with Gasteiger partial charge in [0.05, 0.1) is 25.3 Å². The van der Waals surface area contributed by atoms with E-state index in [1.165, 1.54) is 0 Å². The molecule has 2 aromatic carbocycles. The molecule has 0 atom stereocenters. The Morgan fingerprint density at radius 3 is 2.27 bits per heavy atom. The minimum Gasteiger partial charge on any atom is -0.493 e. The first-order valence-electron chi connectivity index (χ1n) is 7.16. The second-order valence-electron chi connectivity index (χ2n) is 5.00. The van der Waals surface area contributed by atoms with E-state index in [4.69, 9.17) is 20.2 Å². The lowest BCUT2D eigenvalue weighted by atomic mass is 10.2. The highest BCUT2D eigenvalue weighted by molar-refractivity contribution is 5.84. The summed E-state index contributed by atoms with van der Waals surface area (Å²) in [5.41, 5.74) is 9.44. The molecule has 0 bridgehead atoms. The van der Waals surface area contributed by atoms with Gasteiger partial charge in [-0.05, 0) is 31.2 Å². The Morgan fingerprint density at radius 2 is 1.68 bits per heavy atom. The number of methoxy groups -OCH3 is 2. The van der Waals surface area contributed by atoms with Gasteiger partial charge in [0, 0.05) is 29.9 Å². The molecule has 0 aliphatic heterocycles. The van der Waals surface area contributed by atoms with Gasteiger partial charge in [-0.2, -0.15) is 0 Å². The summed E-state index contributed by atoms with van der Waals surface area (Å²) in [6.45, 7) is 2.91. The van der Waals surface area contributed by atoms with E-state index in [1.54, 1.807) is 14.2 Å². The molecule has 0 saturated heterocycles. The molecule has 114 valence electrons. The van der Waals surface area contributed by atoms with Crippen molar-refractivity contribution in [1.29, 1.82) is 0 Å². The second kappa shape index (κ2) is 5.60. The number of fused-ring (bicyclic) bond motifs is 1. The molecule has 0 amide bonds. The average molecular weight is 297 g/mol. The molecule has 0 aliphatic rings. The van der Waals surface area contributed by atoms with Crippen molar-refractivity contribution in [3.63, 3.8) is 0 Å². The predicted octanol–water partition coefficient (Wildman–Crippen LogP) is 3.32. The molecular formula is C17H19N3O2. The van der Waals surface area contributed by atoms with Gasteiger partial charge in [0.25, 0.3) is 0 Å². The van der Waals surface area contributed by atoms with Crippen molar-refractivity contribution in [1.82, 2.24) is 9.55 Å². The van der Waals surface area contributed by atoms with Crippen molar-refractivity contribution in [2.24, 2.45) is 0 Å². The molecule has 0 radical (unpaired) electrons. The number of hydrogen-bond acceptors (Lipinski definition) is 4. The third-order valence-corrected chi connectivity index (χ3v) is 3.74. The van der Waals surface area contributed by atoms with Crippen LogP contribution in [0.5, 0.6) is 11.5 Å². The molecule has 2 N–H and O–H groups in total. The van der Waals surface area contributed by atoms with E-state index in [0.717, 1.165) is 34.7 Å². The van der Waals surface area contributed by atoms with Crippen molar-refractivity contribution in [2.75, 3.05) is 20.0 Å². The van der Waals surface area contributed by atoms with Crippen LogP contribution in [0.3, 0.4) is 0 Å². The van der Waals surface area contributed by atoms with Crippen molar-refractivity contribution in [2.45, 2.75) is 13.5 Å². The lowest BCUT2D eigenvalue weighted by Crippen LogP contribution is -1.98. The summed E-state index contributed by atoms with van der Waals surface area (Å²) in [6, 6.07) is 11.6. The van der Waals surface area contributed by atoms with Crippen molar-refractivity contribution in [3.8, 4) is 22.9 Å². The fraction of sp³-hybridized carbons (Fsp3) is 0.235. The summed E-state index contributed by atoms with van der Waals surface area (Å²) in [6.07, 6.45) is 0. The molecule has 0 saturated carbocycles. The second-order valence-corrected chi connectivity index (χ2v) is 5.00. The Hall–Kier alpha value is -2.69. The first-order valence-corrected chi connectivity index (χ1v) is 7.16. The first kappa shape index (κ1) is 14.3. The molecule has 0 unspecified atom stereocenters. The van der Waals surface area contributed by atoms with E-state index >= 15 is 0 Å².